The zero-order valence-electron chi connectivity index (χ0n) is 44.1. The number of hydrogen-bond acceptors (Lipinski definition) is 10. The topological polar surface area (TPSA) is 224 Å². The van der Waals surface area contributed by atoms with E-state index in [4.69, 9.17) is 30.0 Å². The van der Waals surface area contributed by atoms with Crippen LogP contribution in [0.3, 0.4) is 0 Å². The molecule has 2 heterocycles. The van der Waals surface area contributed by atoms with Gasteiger partial charge in [-0.3, -0.25) is 19.2 Å². The van der Waals surface area contributed by atoms with Crippen molar-refractivity contribution in [1.29, 1.82) is 0 Å². The van der Waals surface area contributed by atoms with Gasteiger partial charge in [0, 0.05) is 43.4 Å². The molecule has 6 saturated carbocycles. The van der Waals surface area contributed by atoms with Gasteiger partial charge in [0.15, 0.2) is 11.6 Å². The van der Waals surface area contributed by atoms with E-state index >= 15 is 0 Å². The van der Waals surface area contributed by atoms with Crippen molar-refractivity contribution in [3.63, 3.8) is 0 Å². The van der Waals surface area contributed by atoms with Crippen molar-refractivity contribution in [3.05, 3.63) is 70.3 Å². The molecule has 10 rings (SSSR count). The number of amides is 2. The second-order valence-corrected chi connectivity index (χ2v) is 24.2. The van der Waals surface area contributed by atoms with Crippen molar-refractivity contribution in [2.24, 2.45) is 23.7 Å². The first-order chi connectivity index (χ1) is 34.6. The average molecular weight is 1000 g/mol. The molecule has 16 nitrogen and oxygen atoms in total. The molecule has 0 radical (unpaired) electrons. The van der Waals surface area contributed by atoms with Crippen molar-refractivity contribution < 1.29 is 39.2 Å². The molecule has 5 N–H and O–H groups in total. The third-order valence-electron chi connectivity index (χ3n) is 17.4. The third kappa shape index (κ3) is 12.1. The van der Waals surface area contributed by atoms with Crippen LogP contribution in [-0.2, 0) is 49.4 Å². The summed E-state index contributed by atoms with van der Waals surface area (Å²) in [5.74, 6) is -0.435. The lowest BCUT2D eigenvalue weighted by atomic mass is 9.80. The molecule has 2 aromatic heterocycles. The molecule has 0 bridgehead atoms. The first kappa shape index (κ1) is 52.4. The quantitative estimate of drug-likeness (QED) is 0.0667. The van der Waals surface area contributed by atoms with E-state index in [0.717, 1.165) is 67.3 Å². The molecule has 2 aromatic carbocycles. The normalized spacial score (nSPS) is 23.5. The number of aliphatic hydroxyl groups is 1. The van der Waals surface area contributed by atoms with Gasteiger partial charge in [-0.2, -0.15) is 0 Å². The van der Waals surface area contributed by atoms with E-state index in [9.17, 15) is 24.3 Å². The Morgan fingerprint density at radius 1 is 0.616 bits per heavy atom. The van der Waals surface area contributed by atoms with E-state index in [1.54, 1.807) is 21.0 Å². The van der Waals surface area contributed by atoms with Crippen molar-refractivity contribution in [1.82, 2.24) is 40.2 Å². The minimum atomic E-state index is -1.00. The van der Waals surface area contributed by atoms with Gasteiger partial charge < -0.3 is 30.7 Å². The Morgan fingerprint density at radius 2 is 1.00 bits per heavy atom. The fourth-order valence-corrected chi connectivity index (χ4v) is 11.1. The van der Waals surface area contributed by atoms with Crippen LogP contribution in [0.15, 0.2) is 36.4 Å². The van der Waals surface area contributed by atoms with Gasteiger partial charge in [0.1, 0.15) is 0 Å². The van der Waals surface area contributed by atoms with Gasteiger partial charge in [-0.05, 0) is 174 Å². The number of carboxylic acids is 2. The highest BCUT2D eigenvalue weighted by Gasteiger charge is 2.42. The molecular weight excluding hydrogens is 925 g/mol. The fourth-order valence-electron chi connectivity index (χ4n) is 11.1. The molecule has 0 unspecified atom stereocenters. The number of methoxy groups -OCH3 is 1. The fraction of sp³-hybridized carbons (Fsp3) is 0.649. The summed E-state index contributed by atoms with van der Waals surface area (Å²) >= 11 is 0. The molecule has 0 saturated heterocycles. The summed E-state index contributed by atoms with van der Waals surface area (Å²) in [7, 11) is 1.73. The van der Waals surface area contributed by atoms with Crippen LogP contribution >= 0.6 is 0 Å². The molecule has 4 aromatic rings. The van der Waals surface area contributed by atoms with Gasteiger partial charge in [0.2, 0.25) is 11.6 Å². The maximum Gasteiger partial charge on any atom is 0.306 e. The number of hydrogen-bond donors (Lipinski definition) is 5. The number of carbonyl (C=O) groups excluding carboxylic acids is 2. The maximum absolute atomic E-state index is 13.1. The summed E-state index contributed by atoms with van der Waals surface area (Å²) in [5, 5.41) is 44.4. The molecule has 6 fully saturated rings. The van der Waals surface area contributed by atoms with Crippen LogP contribution in [-0.4, -0.2) is 87.8 Å². The summed E-state index contributed by atoms with van der Waals surface area (Å²) in [6.45, 7) is 13.7. The Kier molecular flexibility index (Phi) is 14.8. The summed E-state index contributed by atoms with van der Waals surface area (Å²) in [6, 6.07) is 12.5. The summed E-state index contributed by atoms with van der Waals surface area (Å²) in [4.78, 5) is 57.9. The van der Waals surface area contributed by atoms with E-state index in [2.05, 4.69) is 73.8 Å². The zero-order chi connectivity index (χ0) is 52.0. The zero-order valence-corrected chi connectivity index (χ0v) is 44.1. The van der Waals surface area contributed by atoms with E-state index in [-0.39, 0.29) is 52.3 Å². The number of benzene rings is 2. The van der Waals surface area contributed by atoms with Crippen LogP contribution in [0.4, 0.5) is 0 Å². The number of aliphatic carboxylic acids is 2. The van der Waals surface area contributed by atoms with Gasteiger partial charge in [-0.1, -0.05) is 64.5 Å². The summed E-state index contributed by atoms with van der Waals surface area (Å²) < 4.78 is 9.65. The van der Waals surface area contributed by atoms with E-state index in [1.165, 1.54) is 62.5 Å². The summed E-state index contributed by atoms with van der Waals surface area (Å²) in [6.07, 6.45) is 18.4. The Balaban J connectivity index is 0.000000180. The predicted molar refractivity (Wildman–Crippen MR) is 276 cm³/mol. The van der Waals surface area contributed by atoms with Crippen LogP contribution in [0.1, 0.15) is 201 Å². The van der Waals surface area contributed by atoms with Crippen molar-refractivity contribution >= 4 is 23.8 Å². The lowest BCUT2D eigenvalue weighted by Crippen LogP contribution is -2.47. The van der Waals surface area contributed by atoms with E-state index in [0.29, 0.717) is 55.7 Å². The van der Waals surface area contributed by atoms with Crippen LogP contribution in [0.25, 0.3) is 22.8 Å². The average Bonchev–Trinajstić information content (AvgIpc) is 4.18. The van der Waals surface area contributed by atoms with Gasteiger partial charge in [-0.25, -0.2) is 19.3 Å². The first-order valence-corrected chi connectivity index (χ1v) is 27.2. The molecule has 73 heavy (non-hydrogen) atoms. The Hall–Kier alpha value is -5.48. The molecule has 394 valence electrons. The highest BCUT2D eigenvalue weighted by Crippen LogP contribution is 2.50. The van der Waals surface area contributed by atoms with Crippen molar-refractivity contribution in [3.8, 4) is 22.8 Å². The minimum absolute atomic E-state index is 0.106. The van der Waals surface area contributed by atoms with Gasteiger partial charge in [-0.15, -0.1) is 10.2 Å². The molecule has 0 aliphatic heterocycles. The number of aromatic nitrogens is 6. The molecule has 16 heteroatoms. The van der Waals surface area contributed by atoms with E-state index in [1.807, 2.05) is 15.4 Å². The molecule has 0 atom stereocenters. The number of nitrogens with zero attached hydrogens (tertiary/aromatic N) is 6. The number of carboxylic acid groups (broad SMARTS) is 2. The van der Waals surface area contributed by atoms with Crippen LogP contribution < -0.4 is 10.6 Å². The maximum atomic E-state index is 13.1. The number of nitrogens with one attached hydrogen (secondary N) is 2. The Morgan fingerprint density at radius 3 is 1.36 bits per heavy atom. The largest absolute Gasteiger partial charge is 0.481 e. The highest BCUT2D eigenvalue weighted by molar-refractivity contribution is 5.92. The highest BCUT2D eigenvalue weighted by atomic mass is 16.5. The predicted octanol–water partition coefficient (Wildman–Crippen LogP) is 9.45. The molecule has 6 aliphatic carbocycles. The van der Waals surface area contributed by atoms with Crippen molar-refractivity contribution in [2.45, 2.75) is 204 Å². The van der Waals surface area contributed by atoms with Gasteiger partial charge in [0.05, 0.1) is 23.0 Å². The lowest BCUT2D eigenvalue weighted by molar-refractivity contribution is -0.146. The minimum Gasteiger partial charge on any atom is -0.481 e. The smallest absolute Gasteiger partial charge is 0.306 e. The Bertz CT molecular complexity index is 2660. The molecule has 6 aliphatic rings. The number of carbonyl (C=O) groups is 4. The second-order valence-electron chi connectivity index (χ2n) is 24.2. The van der Waals surface area contributed by atoms with Crippen LogP contribution in [0.2, 0.25) is 0 Å². The lowest BCUT2D eigenvalue weighted by Gasteiger charge is -2.32. The van der Waals surface area contributed by atoms with E-state index < -0.39 is 29.1 Å². The van der Waals surface area contributed by atoms with Crippen LogP contribution in [0.5, 0.6) is 0 Å². The molecule has 0 spiro atoms. The number of rotatable bonds is 17. The number of ether oxygens (including phenoxy) is 1. The SMILES string of the molecule is CC(C)(O)c1cc(-c2nc(C(=O)NC3CC(C(=O)O)C3)nn2CC2CCCCC2)cc(C2(C)CC2)c1.COC(C)(C)c1cc(-c2nc(C(=O)NC3CC(C(=O)O)C3)nn2CC2CCCCC2)cc(C2(C)CC2)c1. The third-order valence-corrected chi connectivity index (χ3v) is 17.4. The monoisotopic (exact) mass is 1000 g/mol. The molecule has 2 amide bonds. The summed E-state index contributed by atoms with van der Waals surface area (Å²) in [5.41, 5.74) is 5.01. The second kappa shape index (κ2) is 20.7. The van der Waals surface area contributed by atoms with Crippen molar-refractivity contribution in [2.75, 3.05) is 7.11 Å². The first-order valence-electron chi connectivity index (χ1n) is 27.2. The Labute approximate surface area is 429 Å². The standard InChI is InChI=1S/C29H40N4O4.C28H38N4O4/c1-28(2,37-4)21-12-19(13-22(16-21)29(3)10-11-29)25-31-24(26(34)30-23-14-20(15-23)27(35)36)32-33(25)17-18-8-6-5-7-9-18;1-27(2,36)20-11-18(12-21(15-20)28(3)9-10-28)24-30-23(25(33)29-22-13-19(14-22)26(34)35)31-32(24)16-17-7-5-4-6-8-17/h12-13,16,18,20,23H,5-11,14-15,17H2,1-4H3,(H,30,34)(H,35,36);11-12,15,17,19,22,36H,4-10,13-14,16H2,1-3H3,(H,29,33)(H,34,35). The molecular formula is C57H78N8O8. The van der Waals surface area contributed by atoms with Gasteiger partial charge >= 0.3 is 11.9 Å². The van der Waals surface area contributed by atoms with Gasteiger partial charge in [0.25, 0.3) is 11.8 Å². The van der Waals surface area contributed by atoms with Crippen LogP contribution in [0, 0.1) is 23.7 Å².